The SMILES string of the molecule is CC(Oc1coc(CO)cc1=O)C(=O)N1CCCC1. The fourth-order valence-corrected chi connectivity index (χ4v) is 2.04. The molecule has 0 saturated carbocycles. The molecule has 0 spiro atoms. The van der Waals surface area contributed by atoms with E-state index in [2.05, 4.69) is 0 Å². The summed E-state index contributed by atoms with van der Waals surface area (Å²) in [5, 5.41) is 8.83. The van der Waals surface area contributed by atoms with E-state index in [1.165, 1.54) is 0 Å². The lowest BCUT2D eigenvalue weighted by Gasteiger charge is -2.20. The van der Waals surface area contributed by atoms with Crippen molar-refractivity contribution in [3.8, 4) is 5.75 Å². The van der Waals surface area contributed by atoms with Crippen molar-refractivity contribution >= 4 is 5.91 Å². The van der Waals surface area contributed by atoms with Gasteiger partial charge in [-0.3, -0.25) is 9.59 Å². The van der Waals surface area contributed by atoms with Gasteiger partial charge in [0.1, 0.15) is 18.6 Å². The molecule has 1 aromatic rings. The zero-order valence-corrected chi connectivity index (χ0v) is 10.8. The van der Waals surface area contributed by atoms with Crippen LogP contribution in [0.5, 0.6) is 5.75 Å². The van der Waals surface area contributed by atoms with Gasteiger partial charge in [0.2, 0.25) is 11.2 Å². The highest BCUT2D eigenvalue weighted by Gasteiger charge is 2.25. The van der Waals surface area contributed by atoms with Gasteiger partial charge in [0, 0.05) is 19.2 Å². The molecular weight excluding hydrogens is 250 g/mol. The van der Waals surface area contributed by atoms with Crippen LogP contribution in [0.25, 0.3) is 0 Å². The molecule has 19 heavy (non-hydrogen) atoms. The quantitative estimate of drug-likeness (QED) is 0.860. The van der Waals surface area contributed by atoms with Crippen LogP contribution in [0.15, 0.2) is 21.5 Å². The summed E-state index contributed by atoms with van der Waals surface area (Å²) in [6, 6.07) is 1.16. The summed E-state index contributed by atoms with van der Waals surface area (Å²) in [7, 11) is 0. The van der Waals surface area contributed by atoms with Crippen molar-refractivity contribution in [1.29, 1.82) is 0 Å². The zero-order valence-electron chi connectivity index (χ0n) is 10.8. The van der Waals surface area contributed by atoms with E-state index < -0.39 is 11.5 Å². The summed E-state index contributed by atoms with van der Waals surface area (Å²) in [4.78, 5) is 25.4. The molecule has 1 aliphatic heterocycles. The van der Waals surface area contributed by atoms with Crippen LogP contribution in [0.2, 0.25) is 0 Å². The Morgan fingerprint density at radius 1 is 1.53 bits per heavy atom. The summed E-state index contributed by atoms with van der Waals surface area (Å²) >= 11 is 0. The second-order valence-electron chi connectivity index (χ2n) is 4.53. The van der Waals surface area contributed by atoms with Crippen molar-refractivity contribution < 1.29 is 19.1 Å². The molecule has 6 heteroatoms. The third-order valence-corrected chi connectivity index (χ3v) is 3.08. The third-order valence-electron chi connectivity index (χ3n) is 3.08. The van der Waals surface area contributed by atoms with Gasteiger partial charge in [-0.2, -0.15) is 0 Å². The van der Waals surface area contributed by atoms with Crippen molar-refractivity contribution in [2.24, 2.45) is 0 Å². The molecule has 0 aliphatic carbocycles. The Hall–Kier alpha value is -1.82. The van der Waals surface area contributed by atoms with Gasteiger partial charge in [-0.05, 0) is 19.8 Å². The monoisotopic (exact) mass is 267 g/mol. The van der Waals surface area contributed by atoms with Gasteiger partial charge in [-0.15, -0.1) is 0 Å². The molecule has 2 heterocycles. The number of carbonyl (C=O) groups is 1. The summed E-state index contributed by atoms with van der Waals surface area (Å²) < 4.78 is 10.3. The maximum Gasteiger partial charge on any atom is 0.263 e. The normalized spacial score (nSPS) is 16.4. The maximum absolute atomic E-state index is 12.0. The van der Waals surface area contributed by atoms with E-state index in [-0.39, 0.29) is 24.0 Å². The Balaban J connectivity index is 2.04. The highest BCUT2D eigenvalue weighted by Crippen LogP contribution is 2.13. The minimum absolute atomic E-state index is 0.0164. The van der Waals surface area contributed by atoms with Crippen molar-refractivity contribution in [3.05, 3.63) is 28.3 Å². The summed E-state index contributed by atoms with van der Waals surface area (Å²) in [5.41, 5.74) is -0.406. The number of nitrogens with zero attached hydrogens (tertiary/aromatic N) is 1. The average Bonchev–Trinajstić information content (AvgIpc) is 2.94. The Kier molecular flexibility index (Phi) is 4.21. The summed E-state index contributed by atoms with van der Waals surface area (Å²) in [6.45, 7) is 2.74. The van der Waals surface area contributed by atoms with Crippen molar-refractivity contribution in [1.82, 2.24) is 4.90 Å². The molecular formula is C13H17NO5. The van der Waals surface area contributed by atoms with Gasteiger partial charge in [0.05, 0.1) is 0 Å². The maximum atomic E-state index is 12.0. The molecule has 2 rings (SSSR count). The highest BCUT2D eigenvalue weighted by molar-refractivity contribution is 5.81. The number of ether oxygens (including phenoxy) is 1. The van der Waals surface area contributed by atoms with Crippen molar-refractivity contribution in [2.75, 3.05) is 13.1 Å². The van der Waals surface area contributed by atoms with Gasteiger partial charge in [-0.1, -0.05) is 0 Å². The Morgan fingerprint density at radius 3 is 2.79 bits per heavy atom. The first-order chi connectivity index (χ1) is 9.11. The van der Waals surface area contributed by atoms with Gasteiger partial charge in [0.15, 0.2) is 6.10 Å². The number of rotatable bonds is 4. The van der Waals surface area contributed by atoms with E-state index in [9.17, 15) is 9.59 Å². The fraction of sp³-hybridized carbons (Fsp3) is 0.538. The molecule has 1 amide bonds. The molecule has 6 nitrogen and oxygen atoms in total. The smallest absolute Gasteiger partial charge is 0.263 e. The number of hydrogen-bond donors (Lipinski definition) is 1. The Labute approximate surface area is 110 Å². The van der Waals surface area contributed by atoms with Gasteiger partial charge in [0.25, 0.3) is 5.91 Å². The van der Waals surface area contributed by atoms with Crippen LogP contribution >= 0.6 is 0 Å². The highest BCUT2D eigenvalue weighted by atomic mass is 16.5. The number of aliphatic hydroxyl groups is 1. The van der Waals surface area contributed by atoms with Crippen molar-refractivity contribution in [2.45, 2.75) is 32.5 Å². The molecule has 1 aromatic heterocycles. The van der Waals surface area contributed by atoms with Gasteiger partial charge in [-0.25, -0.2) is 0 Å². The van der Waals surface area contributed by atoms with E-state index in [0.29, 0.717) is 0 Å². The number of likely N-dealkylation sites (tertiary alicyclic amines) is 1. The van der Waals surface area contributed by atoms with E-state index in [0.717, 1.165) is 38.3 Å². The molecule has 1 unspecified atom stereocenters. The lowest BCUT2D eigenvalue weighted by molar-refractivity contribution is -0.136. The molecule has 0 radical (unpaired) electrons. The van der Waals surface area contributed by atoms with Crippen LogP contribution in [0, 0.1) is 0 Å². The second-order valence-corrected chi connectivity index (χ2v) is 4.53. The second kappa shape index (κ2) is 5.88. The molecule has 104 valence electrons. The molecule has 1 fully saturated rings. The predicted octanol–water partition coefficient (Wildman–Crippen LogP) is 0.522. The molecule has 1 N–H and O–H groups in total. The first-order valence-corrected chi connectivity index (χ1v) is 6.30. The van der Waals surface area contributed by atoms with Crippen LogP contribution in [0.4, 0.5) is 0 Å². The first-order valence-electron chi connectivity index (χ1n) is 6.30. The zero-order chi connectivity index (χ0) is 13.8. The average molecular weight is 267 g/mol. The number of hydrogen-bond acceptors (Lipinski definition) is 5. The standard InChI is InChI=1S/C13H17NO5/c1-9(13(17)14-4-2-3-5-14)19-12-8-18-10(7-15)6-11(12)16/h6,8-9,15H,2-5,7H2,1H3. The van der Waals surface area contributed by atoms with Gasteiger partial charge >= 0.3 is 0 Å². The number of carbonyl (C=O) groups excluding carboxylic acids is 1. The summed E-state index contributed by atoms with van der Waals surface area (Å²) in [5.74, 6) is 0.0243. The van der Waals surface area contributed by atoms with Crippen LogP contribution in [-0.2, 0) is 11.4 Å². The molecule has 1 saturated heterocycles. The number of aliphatic hydroxyl groups excluding tert-OH is 1. The largest absolute Gasteiger partial charge is 0.474 e. The third kappa shape index (κ3) is 3.14. The van der Waals surface area contributed by atoms with Crippen molar-refractivity contribution in [3.63, 3.8) is 0 Å². The van der Waals surface area contributed by atoms with Crippen LogP contribution in [0.1, 0.15) is 25.5 Å². The Morgan fingerprint density at radius 2 is 2.21 bits per heavy atom. The lowest BCUT2D eigenvalue weighted by Crippen LogP contribution is -2.39. The predicted molar refractivity (Wildman–Crippen MR) is 66.8 cm³/mol. The van der Waals surface area contributed by atoms with Crippen LogP contribution in [-0.4, -0.2) is 35.1 Å². The molecule has 1 atom stereocenters. The minimum atomic E-state index is -0.721. The topological polar surface area (TPSA) is 80.0 Å². The molecule has 0 aromatic carbocycles. The van der Waals surface area contributed by atoms with Gasteiger partial charge < -0.3 is 19.2 Å². The van der Waals surface area contributed by atoms with E-state index in [1.807, 2.05) is 0 Å². The first kappa shape index (κ1) is 13.6. The lowest BCUT2D eigenvalue weighted by atomic mass is 10.3. The summed E-state index contributed by atoms with van der Waals surface area (Å²) in [6.07, 6.45) is 2.42. The fourth-order valence-electron chi connectivity index (χ4n) is 2.04. The van der Waals surface area contributed by atoms with E-state index in [1.54, 1.807) is 11.8 Å². The molecule has 0 bridgehead atoms. The minimum Gasteiger partial charge on any atom is -0.474 e. The Bertz CT molecular complexity index is 504. The molecule has 1 aliphatic rings. The number of amides is 1. The van der Waals surface area contributed by atoms with Crippen LogP contribution in [0.3, 0.4) is 0 Å². The van der Waals surface area contributed by atoms with Crippen LogP contribution < -0.4 is 10.2 Å². The van der Waals surface area contributed by atoms with E-state index >= 15 is 0 Å². The van der Waals surface area contributed by atoms with E-state index in [4.69, 9.17) is 14.3 Å².